The highest BCUT2D eigenvalue weighted by molar-refractivity contribution is 5.23. The Morgan fingerprint density at radius 2 is 1.73 bits per heavy atom. The number of hydrogen-bond acceptors (Lipinski definition) is 0. The summed E-state index contributed by atoms with van der Waals surface area (Å²) in [5, 5.41) is 0. The number of nitrogens with zero attached hydrogens (tertiary/aromatic N) is 1. The van der Waals surface area contributed by atoms with Crippen LogP contribution in [0.4, 0.5) is 0 Å². The SMILES string of the molecule is CC(C)C(C)[n+]1ccc2c(c1)CCCC2. The van der Waals surface area contributed by atoms with Gasteiger partial charge < -0.3 is 0 Å². The number of fused-ring (bicyclic) bond motifs is 1. The minimum Gasteiger partial charge on any atom is -0.202 e. The molecule has 1 aromatic rings. The highest BCUT2D eigenvalue weighted by atomic mass is 15.0. The van der Waals surface area contributed by atoms with E-state index in [-0.39, 0.29) is 0 Å². The Morgan fingerprint density at radius 3 is 2.40 bits per heavy atom. The van der Waals surface area contributed by atoms with Crippen LogP contribution in [0.2, 0.25) is 0 Å². The van der Waals surface area contributed by atoms with Gasteiger partial charge in [-0.15, -0.1) is 0 Å². The Hall–Kier alpha value is -0.850. The van der Waals surface area contributed by atoms with Crippen molar-refractivity contribution in [1.29, 1.82) is 0 Å². The molecule has 82 valence electrons. The summed E-state index contributed by atoms with van der Waals surface area (Å²) >= 11 is 0. The van der Waals surface area contributed by atoms with Crippen molar-refractivity contribution in [2.24, 2.45) is 5.92 Å². The third-order valence-electron chi connectivity index (χ3n) is 3.74. The highest BCUT2D eigenvalue weighted by Crippen LogP contribution is 2.20. The summed E-state index contributed by atoms with van der Waals surface area (Å²) in [6.07, 6.45) is 9.94. The molecule has 0 saturated heterocycles. The molecule has 1 unspecified atom stereocenters. The van der Waals surface area contributed by atoms with Crippen molar-refractivity contribution in [3.05, 3.63) is 29.6 Å². The van der Waals surface area contributed by atoms with Gasteiger partial charge in [-0.25, -0.2) is 4.57 Å². The molecular weight excluding hydrogens is 182 g/mol. The zero-order valence-corrected chi connectivity index (χ0v) is 10.2. The molecule has 1 nitrogen and oxygen atoms in total. The van der Waals surface area contributed by atoms with E-state index < -0.39 is 0 Å². The first kappa shape index (κ1) is 10.7. The van der Waals surface area contributed by atoms with Crippen molar-refractivity contribution in [2.75, 3.05) is 0 Å². The minimum absolute atomic E-state index is 0.609. The van der Waals surface area contributed by atoms with E-state index >= 15 is 0 Å². The second-order valence-electron chi connectivity index (χ2n) is 5.13. The lowest BCUT2D eigenvalue weighted by Crippen LogP contribution is -2.40. The van der Waals surface area contributed by atoms with Gasteiger partial charge in [0.15, 0.2) is 18.4 Å². The van der Waals surface area contributed by atoms with Crippen LogP contribution in [0.15, 0.2) is 18.5 Å². The average Bonchev–Trinajstić information content (AvgIpc) is 2.27. The predicted molar refractivity (Wildman–Crippen MR) is 62.8 cm³/mol. The van der Waals surface area contributed by atoms with Gasteiger partial charge in [0.2, 0.25) is 0 Å². The molecular formula is C14H22N+. The minimum atomic E-state index is 0.609. The van der Waals surface area contributed by atoms with Crippen LogP contribution in [0.3, 0.4) is 0 Å². The van der Waals surface area contributed by atoms with Crippen molar-refractivity contribution in [3.8, 4) is 0 Å². The largest absolute Gasteiger partial charge is 0.202 e. The number of aryl methyl sites for hydroxylation is 2. The Kier molecular flexibility index (Phi) is 3.08. The van der Waals surface area contributed by atoms with E-state index in [9.17, 15) is 0 Å². The summed E-state index contributed by atoms with van der Waals surface area (Å²) in [6, 6.07) is 2.94. The molecule has 15 heavy (non-hydrogen) atoms. The maximum Gasteiger partial charge on any atom is 0.172 e. The Balaban J connectivity index is 2.27. The van der Waals surface area contributed by atoms with Crippen LogP contribution in [0.25, 0.3) is 0 Å². The number of pyridine rings is 1. The maximum absolute atomic E-state index is 2.38. The van der Waals surface area contributed by atoms with Crippen molar-refractivity contribution < 1.29 is 4.57 Å². The van der Waals surface area contributed by atoms with Gasteiger partial charge in [-0.2, -0.15) is 0 Å². The monoisotopic (exact) mass is 204 g/mol. The molecule has 1 aliphatic rings. The average molecular weight is 204 g/mol. The molecule has 0 bridgehead atoms. The molecule has 1 heteroatoms. The second-order valence-corrected chi connectivity index (χ2v) is 5.13. The fourth-order valence-corrected chi connectivity index (χ4v) is 2.29. The van der Waals surface area contributed by atoms with Gasteiger partial charge in [0.1, 0.15) is 0 Å². The third-order valence-corrected chi connectivity index (χ3v) is 3.74. The molecule has 0 saturated carbocycles. The molecule has 0 spiro atoms. The van der Waals surface area contributed by atoms with Gasteiger partial charge in [-0.1, -0.05) is 13.8 Å². The molecule has 0 amide bonds. The van der Waals surface area contributed by atoms with E-state index in [1.165, 1.54) is 25.7 Å². The summed E-state index contributed by atoms with van der Waals surface area (Å²) < 4.78 is 2.38. The Labute approximate surface area is 93.1 Å². The molecule has 0 N–H and O–H groups in total. The van der Waals surface area contributed by atoms with Gasteiger partial charge >= 0.3 is 0 Å². The van der Waals surface area contributed by atoms with E-state index in [0.717, 1.165) is 0 Å². The van der Waals surface area contributed by atoms with Gasteiger partial charge in [-0.05, 0) is 38.2 Å². The van der Waals surface area contributed by atoms with Crippen molar-refractivity contribution in [2.45, 2.75) is 52.5 Å². The summed E-state index contributed by atoms with van der Waals surface area (Å²) in [6.45, 7) is 6.88. The lowest BCUT2D eigenvalue weighted by Gasteiger charge is -2.16. The van der Waals surface area contributed by atoms with E-state index in [1.54, 1.807) is 11.1 Å². The zero-order valence-electron chi connectivity index (χ0n) is 10.2. The van der Waals surface area contributed by atoms with Gasteiger partial charge in [0.05, 0.1) is 0 Å². The number of aromatic nitrogens is 1. The van der Waals surface area contributed by atoms with Gasteiger partial charge in [0.25, 0.3) is 0 Å². The van der Waals surface area contributed by atoms with Crippen LogP contribution < -0.4 is 4.57 Å². The standard InChI is InChI=1S/C14H22N/c1-11(2)12(3)15-9-8-13-6-4-5-7-14(13)10-15/h8-12H,4-7H2,1-3H3/q+1. The van der Waals surface area contributed by atoms with E-state index in [4.69, 9.17) is 0 Å². The predicted octanol–water partition coefficient (Wildman–Crippen LogP) is 3.07. The quantitative estimate of drug-likeness (QED) is 0.652. The van der Waals surface area contributed by atoms with E-state index in [1.807, 2.05) is 0 Å². The topological polar surface area (TPSA) is 3.88 Å². The van der Waals surface area contributed by atoms with Crippen LogP contribution in [0.5, 0.6) is 0 Å². The van der Waals surface area contributed by atoms with Crippen molar-refractivity contribution >= 4 is 0 Å². The highest BCUT2D eigenvalue weighted by Gasteiger charge is 2.19. The normalized spacial score (nSPS) is 17.6. The van der Waals surface area contributed by atoms with Crippen molar-refractivity contribution in [1.82, 2.24) is 0 Å². The molecule has 0 fully saturated rings. The lowest BCUT2D eigenvalue weighted by atomic mass is 9.93. The van der Waals surface area contributed by atoms with Gasteiger partial charge in [0, 0.05) is 17.5 Å². The molecule has 1 atom stereocenters. The molecule has 0 aliphatic heterocycles. The second kappa shape index (κ2) is 4.34. The summed E-state index contributed by atoms with van der Waals surface area (Å²) in [5.41, 5.74) is 3.16. The lowest BCUT2D eigenvalue weighted by molar-refractivity contribution is -0.726. The number of hydrogen-bond donors (Lipinski definition) is 0. The molecule has 1 heterocycles. The first-order valence-corrected chi connectivity index (χ1v) is 6.21. The summed E-state index contributed by atoms with van der Waals surface area (Å²) in [4.78, 5) is 0. The third kappa shape index (κ3) is 2.22. The van der Waals surface area contributed by atoms with Crippen LogP contribution >= 0.6 is 0 Å². The number of rotatable bonds is 2. The molecule has 2 rings (SSSR count). The summed E-state index contributed by atoms with van der Waals surface area (Å²) in [7, 11) is 0. The van der Waals surface area contributed by atoms with Gasteiger partial charge in [-0.3, -0.25) is 0 Å². The van der Waals surface area contributed by atoms with Crippen LogP contribution in [0.1, 0.15) is 50.8 Å². The maximum atomic E-state index is 2.38. The van der Waals surface area contributed by atoms with E-state index in [2.05, 4.69) is 43.8 Å². The molecule has 0 radical (unpaired) electrons. The fraction of sp³-hybridized carbons (Fsp3) is 0.643. The zero-order chi connectivity index (χ0) is 10.8. The Morgan fingerprint density at radius 1 is 1.07 bits per heavy atom. The fourth-order valence-electron chi connectivity index (χ4n) is 2.29. The first-order valence-electron chi connectivity index (χ1n) is 6.21. The van der Waals surface area contributed by atoms with Crippen LogP contribution in [-0.4, -0.2) is 0 Å². The Bertz CT molecular complexity index is 341. The van der Waals surface area contributed by atoms with Crippen LogP contribution in [-0.2, 0) is 12.8 Å². The first-order chi connectivity index (χ1) is 7.18. The molecule has 1 aromatic heterocycles. The van der Waals surface area contributed by atoms with Crippen LogP contribution in [0, 0.1) is 5.92 Å². The van der Waals surface area contributed by atoms with Crippen molar-refractivity contribution in [3.63, 3.8) is 0 Å². The summed E-state index contributed by atoms with van der Waals surface area (Å²) in [5.74, 6) is 0.705. The smallest absolute Gasteiger partial charge is 0.172 e. The molecule has 0 aromatic carbocycles. The molecule has 1 aliphatic carbocycles. The van der Waals surface area contributed by atoms with E-state index in [0.29, 0.717) is 12.0 Å².